The molecule has 3 aromatic rings. The van der Waals surface area contributed by atoms with E-state index in [-0.39, 0.29) is 23.2 Å². The maximum absolute atomic E-state index is 12.7. The summed E-state index contributed by atoms with van der Waals surface area (Å²) in [5, 5.41) is 4.40. The predicted molar refractivity (Wildman–Crippen MR) is 114 cm³/mol. The monoisotopic (exact) mass is 413 g/mol. The number of fused-ring (bicyclic) bond motifs is 2. The van der Waals surface area contributed by atoms with E-state index >= 15 is 0 Å². The van der Waals surface area contributed by atoms with Gasteiger partial charge in [0.25, 0.3) is 0 Å². The molecule has 0 aromatic carbocycles. The van der Waals surface area contributed by atoms with Crippen LogP contribution in [0.5, 0.6) is 0 Å². The van der Waals surface area contributed by atoms with Gasteiger partial charge in [-0.1, -0.05) is 5.92 Å². The number of hydrogen-bond donors (Lipinski definition) is 2. The third-order valence-corrected chi connectivity index (χ3v) is 5.98. The smallest absolute Gasteiger partial charge is 0.316 e. The molecular weight excluding hydrogens is 394 g/mol. The number of ether oxygens (including phenoxy) is 1. The van der Waals surface area contributed by atoms with Gasteiger partial charge in [0.05, 0.1) is 17.0 Å². The van der Waals surface area contributed by atoms with Crippen LogP contribution in [0.3, 0.4) is 0 Å². The van der Waals surface area contributed by atoms with Crippen molar-refractivity contribution in [3.05, 3.63) is 42.4 Å². The molecular formula is C23H19N5O3. The Balaban J connectivity index is 1.38. The first-order valence-electron chi connectivity index (χ1n) is 9.87. The lowest BCUT2D eigenvalue weighted by Crippen LogP contribution is -2.21. The van der Waals surface area contributed by atoms with E-state index in [0.717, 1.165) is 22.9 Å². The number of amides is 1. The van der Waals surface area contributed by atoms with E-state index in [2.05, 4.69) is 37.0 Å². The number of carbonyl (C=O) groups excluding carboxylic acids is 2. The number of nitrogens with one attached hydrogen (secondary N) is 1. The summed E-state index contributed by atoms with van der Waals surface area (Å²) in [5.74, 6) is 3.14. The maximum atomic E-state index is 12.7. The molecule has 2 aliphatic carbocycles. The van der Waals surface area contributed by atoms with Gasteiger partial charge in [0.1, 0.15) is 17.7 Å². The summed E-state index contributed by atoms with van der Waals surface area (Å²) in [7, 11) is 0. The van der Waals surface area contributed by atoms with Gasteiger partial charge in [-0.15, -0.1) is 0 Å². The molecule has 5 rings (SSSR count). The number of pyridine rings is 3. The van der Waals surface area contributed by atoms with Gasteiger partial charge in [-0.3, -0.25) is 14.6 Å². The molecule has 0 saturated heterocycles. The molecule has 3 aromatic heterocycles. The molecule has 8 heteroatoms. The zero-order valence-electron chi connectivity index (χ0n) is 17.0. The summed E-state index contributed by atoms with van der Waals surface area (Å²) >= 11 is 0. The number of nitrogens with two attached hydrogens (primary N) is 1. The highest BCUT2D eigenvalue weighted by molar-refractivity contribution is 6.00. The molecule has 1 unspecified atom stereocenters. The van der Waals surface area contributed by atoms with Crippen molar-refractivity contribution >= 4 is 34.3 Å². The van der Waals surface area contributed by atoms with Gasteiger partial charge in [0, 0.05) is 36.5 Å². The summed E-state index contributed by atoms with van der Waals surface area (Å²) in [6.07, 6.45) is 8.35. The zero-order valence-corrected chi connectivity index (χ0v) is 17.0. The van der Waals surface area contributed by atoms with Crippen molar-refractivity contribution in [3.63, 3.8) is 0 Å². The first kappa shape index (κ1) is 19.0. The molecule has 0 aliphatic heterocycles. The van der Waals surface area contributed by atoms with E-state index in [1.807, 2.05) is 19.1 Å². The molecule has 0 bridgehead atoms. The summed E-state index contributed by atoms with van der Waals surface area (Å²) in [6.45, 7) is 3.28. The molecule has 2 fully saturated rings. The molecule has 3 heterocycles. The maximum Gasteiger partial charge on any atom is 0.316 e. The van der Waals surface area contributed by atoms with E-state index in [9.17, 15) is 9.59 Å². The lowest BCUT2D eigenvalue weighted by atomic mass is 10.0. The van der Waals surface area contributed by atoms with Gasteiger partial charge in [0.2, 0.25) is 5.91 Å². The van der Waals surface area contributed by atoms with E-state index in [0.29, 0.717) is 22.7 Å². The number of hydrogen-bond acceptors (Lipinski definition) is 7. The van der Waals surface area contributed by atoms with Crippen LogP contribution >= 0.6 is 0 Å². The third kappa shape index (κ3) is 3.24. The highest BCUT2D eigenvalue weighted by Gasteiger charge is 2.81. The van der Waals surface area contributed by atoms with Crippen LogP contribution in [-0.2, 0) is 14.3 Å². The van der Waals surface area contributed by atoms with Crippen molar-refractivity contribution in [2.45, 2.75) is 20.3 Å². The number of esters is 1. The summed E-state index contributed by atoms with van der Waals surface area (Å²) in [5.41, 5.74) is 8.44. The van der Waals surface area contributed by atoms with Crippen LogP contribution in [0.15, 0.2) is 36.8 Å². The van der Waals surface area contributed by atoms with Gasteiger partial charge in [-0.2, -0.15) is 0 Å². The van der Waals surface area contributed by atoms with Crippen LogP contribution in [0.4, 0.5) is 11.6 Å². The quantitative estimate of drug-likeness (QED) is 0.500. The van der Waals surface area contributed by atoms with Gasteiger partial charge in [-0.05, 0) is 48.4 Å². The highest BCUT2D eigenvalue weighted by atomic mass is 16.5. The van der Waals surface area contributed by atoms with E-state index in [4.69, 9.17) is 5.73 Å². The normalized spacial score (nSPS) is 22.6. The Morgan fingerprint density at radius 2 is 2.16 bits per heavy atom. The molecule has 8 nitrogen and oxygen atoms in total. The Morgan fingerprint density at radius 3 is 2.90 bits per heavy atom. The SMILES string of the molecule is CC(=O)OC#C[C@@]12CC1[C@@H]2C(=O)Nc1cc2cc(-c3cnccc3C)nc(N)c2cn1. The van der Waals surface area contributed by atoms with Crippen LogP contribution in [0.1, 0.15) is 18.9 Å². The lowest BCUT2D eigenvalue weighted by Gasteiger charge is -2.11. The van der Waals surface area contributed by atoms with Gasteiger partial charge in [-0.25, -0.2) is 9.97 Å². The molecule has 154 valence electrons. The minimum Gasteiger partial charge on any atom is -0.383 e. The fraction of sp³-hybridized carbons (Fsp3) is 0.261. The second kappa shape index (κ2) is 6.77. The Hall–Kier alpha value is -3.99. The standard InChI is InChI=1S/C23H19N5O3/c1-12-3-5-25-10-15(12)18-7-14-8-19(26-11-16(14)21(24)27-18)28-22(30)20-17-9-23(17,20)4-6-31-13(2)29/h3,5,7-8,10-11,17,20H,9H2,1-2H3,(H2,24,27)(H,26,28,30)/t17?,20-,23-/m1/s1. The fourth-order valence-electron chi connectivity index (χ4n) is 4.05. The van der Waals surface area contributed by atoms with E-state index in [1.165, 1.54) is 6.92 Å². The number of anilines is 2. The number of nitrogens with zero attached hydrogens (tertiary/aromatic N) is 3. The highest BCUT2D eigenvalue weighted by Crippen LogP contribution is 2.79. The van der Waals surface area contributed by atoms with Crippen LogP contribution < -0.4 is 11.1 Å². The average molecular weight is 413 g/mol. The number of aryl methyl sites for hydroxylation is 1. The molecule has 3 atom stereocenters. The van der Waals surface area contributed by atoms with Crippen LogP contribution in [-0.4, -0.2) is 26.8 Å². The molecule has 0 radical (unpaired) electrons. The predicted octanol–water partition coefficient (Wildman–Crippen LogP) is 2.68. The zero-order chi connectivity index (χ0) is 21.8. The summed E-state index contributed by atoms with van der Waals surface area (Å²) in [6, 6.07) is 5.61. The van der Waals surface area contributed by atoms with Crippen molar-refractivity contribution < 1.29 is 14.3 Å². The van der Waals surface area contributed by atoms with E-state index in [1.54, 1.807) is 24.7 Å². The van der Waals surface area contributed by atoms with Crippen molar-refractivity contribution in [2.24, 2.45) is 17.3 Å². The molecule has 31 heavy (non-hydrogen) atoms. The van der Waals surface area contributed by atoms with Crippen molar-refractivity contribution in [1.82, 2.24) is 15.0 Å². The van der Waals surface area contributed by atoms with Crippen LogP contribution in [0, 0.1) is 36.2 Å². The molecule has 2 saturated carbocycles. The topological polar surface area (TPSA) is 120 Å². The summed E-state index contributed by atoms with van der Waals surface area (Å²) in [4.78, 5) is 36.5. The average Bonchev–Trinajstić information content (AvgIpc) is 3.57. The number of rotatable bonds is 3. The van der Waals surface area contributed by atoms with Crippen molar-refractivity contribution in [1.29, 1.82) is 0 Å². The molecule has 3 N–H and O–H groups in total. The van der Waals surface area contributed by atoms with E-state index < -0.39 is 5.97 Å². The second-order valence-corrected chi connectivity index (χ2v) is 8.01. The van der Waals surface area contributed by atoms with Crippen LogP contribution in [0.2, 0.25) is 0 Å². The number of aromatic nitrogens is 3. The van der Waals surface area contributed by atoms with Gasteiger partial charge in [0.15, 0.2) is 0 Å². The van der Waals surface area contributed by atoms with Gasteiger partial charge >= 0.3 is 5.97 Å². The Morgan fingerprint density at radius 1 is 1.32 bits per heavy atom. The Labute approximate surface area is 178 Å². The van der Waals surface area contributed by atoms with Crippen LogP contribution in [0.25, 0.3) is 22.0 Å². The number of carbonyl (C=O) groups is 2. The van der Waals surface area contributed by atoms with Crippen molar-refractivity contribution in [3.8, 4) is 23.3 Å². The van der Waals surface area contributed by atoms with Crippen molar-refractivity contribution in [2.75, 3.05) is 11.1 Å². The first-order valence-corrected chi connectivity index (χ1v) is 9.87. The van der Waals surface area contributed by atoms with Gasteiger partial charge < -0.3 is 15.8 Å². The second-order valence-electron chi connectivity index (χ2n) is 8.01. The lowest BCUT2D eigenvalue weighted by molar-refractivity contribution is -0.134. The third-order valence-electron chi connectivity index (χ3n) is 5.98. The minimum absolute atomic E-state index is 0.134. The Bertz CT molecular complexity index is 1330. The molecule has 1 amide bonds. The largest absolute Gasteiger partial charge is 0.383 e. The number of nitrogen functional groups attached to an aromatic ring is 1. The first-order chi connectivity index (χ1) is 14.9. The summed E-state index contributed by atoms with van der Waals surface area (Å²) < 4.78 is 4.68. The minimum atomic E-state index is -0.460. The fourth-order valence-corrected chi connectivity index (χ4v) is 4.05. The molecule has 2 aliphatic rings. The Kier molecular flexibility index (Phi) is 4.15. The molecule has 0 spiro atoms.